The van der Waals surface area contributed by atoms with Crippen LogP contribution in [0, 0.1) is 0 Å². The standard InChI is InChI=1S/C27H24N10O2/c1-14(38)22-23(16-8-17-10-18(9-16)36(17)27(39)25-31-13-32-35-25)34-26-19(12-33-37(26)24(22)28)15-5-6-21(30-11-15)20-4-2-3-7-29-20/h2-7,11-13,16-18H,8-10,28H2,1H3,(H,31,32,35)/t16-,17+,18?/m0/s1. The highest BCUT2D eigenvalue weighted by molar-refractivity contribution is 6.00. The first kappa shape index (κ1) is 23.1. The molecule has 12 nitrogen and oxygen atoms in total. The third kappa shape index (κ3) is 3.67. The van der Waals surface area contributed by atoms with Gasteiger partial charge in [-0.15, -0.1) is 10.2 Å². The molecule has 5 aromatic rings. The van der Waals surface area contributed by atoms with Crippen molar-refractivity contribution in [3.63, 3.8) is 0 Å². The lowest BCUT2D eigenvalue weighted by molar-refractivity contribution is -0.0203. The van der Waals surface area contributed by atoms with Gasteiger partial charge in [-0.25, -0.2) is 4.98 Å². The van der Waals surface area contributed by atoms with Crippen molar-refractivity contribution in [2.75, 3.05) is 5.73 Å². The summed E-state index contributed by atoms with van der Waals surface area (Å²) in [6.45, 7) is 1.50. The van der Waals surface area contributed by atoms with Gasteiger partial charge < -0.3 is 15.6 Å². The van der Waals surface area contributed by atoms with Crippen LogP contribution in [0.25, 0.3) is 28.2 Å². The summed E-state index contributed by atoms with van der Waals surface area (Å²) in [4.78, 5) is 44.3. The number of piperidine rings is 1. The van der Waals surface area contributed by atoms with Gasteiger partial charge in [0, 0.05) is 41.5 Å². The second-order valence-electron chi connectivity index (χ2n) is 10.0. The van der Waals surface area contributed by atoms with Gasteiger partial charge in [-0.1, -0.05) is 12.1 Å². The lowest BCUT2D eigenvalue weighted by atomic mass is 9.71. The van der Waals surface area contributed by atoms with E-state index in [0.29, 0.717) is 29.7 Å². The van der Waals surface area contributed by atoms with Crippen molar-refractivity contribution in [3.05, 3.63) is 72.3 Å². The van der Waals surface area contributed by atoms with Crippen molar-refractivity contribution in [2.24, 2.45) is 0 Å². The Kier molecular flexibility index (Phi) is 5.22. The predicted octanol–water partition coefficient (Wildman–Crippen LogP) is 2.92. The average molecular weight is 521 g/mol. The van der Waals surface area contributed by atoms with Gasteiger partial charge in [0.2, 0.25) is 5.82 Å². The number of amides is 1. The topological polar surface area (TPSA) is 161 Å². The molecule has 1 aliphatic carbocycles. The highest BCUT2D eigenvalue weighted by atomic mass is 16.2. The van der Waals surface area contributed by atoms with E-state index in [1.54, 1.807) is 18.6 Å². The molecule has 3 atom stereocenters. The van der Waals surface area contributed by atoms with Gasteiger partial charge in [0.05, 0.1) is 28.8 Å². The molecule has 12 heteroatoms. The van der Waals surface area contributed by atoms with E-state index in [1.807, 2.05) is 35.2 Å². The smallest absolute Gasteiger partial charge is 0.292 e. The number of nitrogens with two attached hydrogens (primary N) is 1. The number of Topliss-reactive ketones (excluding diaryl/α,β-unsaturated/α-hetero) is 1. The molecule has 7 heterocycles. The number of pyridine rings is 2. The number of nitrogen functional groups attached to an aromatic ring is 1. The number of aromatic amines is 1. The molecule has 1 saturated carbocycles. The van der Waals surface area contributed by atoms with Crippen LogP contribution in [0.15, 0.2) is 55.2 Å². The van der Waals surface area contributed by atoms with Gasteiger partial charge in [-0.2, -0.15) is 9.61 Å². The Bertz CT molecular complexity index is 1700. The first-order valence-corrected chi connectivity index (χ1v) is 12.7. The number of aromatic nitrogens is 8. The molecule has 8 rings (SSSR count). The fraction of sp³-hybridized carbons (Fsp3) is 0.259. The lowest BCUT2D eigenvalue weighted by Crippen LogP contribution is -2.62. The predicted molar refractivity (Wildman–Crippen MR) is 141 cm³/mol. The average Bonchev–Trinajstić information content (AvgIpc) is 3.64. The molecular weight excluding hydrogens is 496 g/mol. The molecule has 3 aliphatic rings. The Morgan fingerprint density at radius 3 is 2.51 bits per heavy atom. The lowest BCUT2D eigenvalue weighted by Gasteiger charge is -2.55. The van der Waals surface area contributed by atoms with E-state index in [0.717, 1.165) is 28.9 Å². The first-order chi connectivity index (χ1) is 19.0. The summed E-state index contributed by atoms with van der Waals surface area (Å²) in [5.74, 6) is 0.167. The molecule has 3 N–H and O–H groups in total. The number of fused-ring (bicyclic) bond motifs is 3. The normalized spacial score (nSPS) is 20.1. The first-order valence-electron chi connectivity index (χ1n) is 12.7. The summed E-state index contributed by atoms with van der Waals surface area (Å²) < 4.78 is 1.52. The van der Waals surface area contributed by atoms with E-state index in [4.69, 9.17) is 10.7 Å². The van der Waals surface area contributed by atoms with Crippen LogP contribution in [0.2, 0.25) is 0 Å². The van der Waals surface area contributed by atoms with E-state index < -0.39 is 0 Å². The Morgan fingerprint density at radius 2 is 1.85 bits per heavy atom. The van der Waals surface area contributed by atoms with Gasteiger partial charge in [-0.3, -0.25) is 19.6 Å². The molecule has 1 unspecified atom stereocenters. The zero-order chi connectivity index (χ0) is 26.7. The zero-order valence-corrected chi connectivity index (χ0v) is 21.0. The maximum Gasteiger partial charge on any atom is 0.292 e. The minimum Gasteiger partial charge on any atom is -0.383 e. The third-order valence-corrected chi connectivity index (χ3v) is 7.75. The van der Waals surface area contributed by atoms with Gasteiger partial charge in [-0.05, 0) is 44.4 Å². The summed E-state index contributed by atoms with van der Waals surface area (Å²) in [7, 11) is 0. The Balaban J connectivity index is 1.24. The minimum absolute atomic E-state index is 0.0221. The van der Waals surface area contributed by atoms with Gasteiger partial charge in [0.25, 0.3) is 5.91 Å². The second-order valence-corrected chi connectivity index (χ2v) is 10.0. The molecule has 2 aliphatic heterocycles. The number of hydrogen-bond donors (Lipinski definition) is 2. The van der Waals surface area contributed by atoms with Crippen molar-refractivity contribution >= 4 is 23.2 Å². The molecule has 194 valence electrons. The SMILES string of the molecule is CC(=O)c1c([C@@H]2CC3C[C@@H](C2)N3C(=O)c2nnc[nH]2)nc2c(-c3ccc(-c4ccccn4)nc3)cnn2c1N. The molecule has 1 amide bonds. The molecule has 2 bridgehead atoms. The van der Waals surface area contributed by atoms with Crippen LogP contribution >= 0.6 is 0 Å². The number of nitrogens with one attached hydrogen (secondary N) is 1. The van der Waals surface area contributed by atoms with Crippen LogP contribution in [-0.2, 0) is 0 Å². The molecule has 39 heavy (non-hydrogen) atoms. The van der Waals surface area contributed by atoms with E-state index in [9.17, 15) is 9.59 Å². The zero-order valence-electron chi connectivity index (χ0n) is 21.0. The maximum atomic E-state index is 12.9. The fourth-order valence-corrected chi connectivity index (χ4v) is 5.97. The largest absolute Gasteiger partial charge is 0.383 e. The highest BCUT2D eigenvalue weighted by Gasteiger charge is 2.49. The number of carbonyl (C=O) groups is 2. The molecule has 5 aromatic heterocycles. The van der Waals surface area contributed by atoms with Crippen LogP contribution < -0.4 is 5.73 Å². The maximum absolute atomic E-state index is 12.9. The quantitative estimate of drug-likeness (QED) is 0.332. The van der Waals surface area contributed by atoms with Crippen LogP contribution in [0.1, 0.15) is 58.8 Å². The minimum atomic E-state index is -0.163. The molecule has 2 saturated heterocycles. The van der Waals surface area contributed by atoms with Crippen molar-refractivity contribution < 1.29 is 9.59 Å². The summed E-state index contributed by atoms with van der Waals surface area (Å²) in [6, 6.07) is 9.63. The Labute approximate surface area is 222 Å². The van der Waals surface area contributed by atoms with E-state index >= 15 is 0 Å². The van der Waals surface area contributed by atoms with E-state index in [2.05, 4.69) is 30.2 Å². The number of hydrogen-bond acceptors (Lipinski definition) is 9. The van der Waals surface area contributed by atoms with Crippen LogP contribution in [0.4, 0.5) is 5.82 Å². The van der Waals surface area contributed by atoms with Crippen LogP contribution in [0.5, 0.6) is 0 Å². The van der Waals surface area contributed by atoms with Gasteiger partial charge >= 0.3 is 0 Å². The molecule has 3 fully saturated rings. The highest BCUT2D eigenvalue weighted by Crippen LogP contribution is 2.47. The van der Waals surface area contributed by atoms with Gasteiger partial charge in [0.1, 0.15) is 12.1 Å². The third-order valence-electron chi connectivity index (χ3n) is 7.75. The van der Waals surface area contributed by atoms with E-state index in [-0.39, 0.29) is 41.3 Å². The summed E-state index contributed by atoms with van der Waals surface area (Å²) in [6.07, 6.45) is 8.87. The Morgan fingerprint density at radius 1 is 1.03 bits per heavy atom. The number of rotatable bonds is 5. The Hall–Kier alpha value is -5.00. The molecule has 0 radical (unpaired) electrons. The summed E-state index contributed by atoms with van der Waals surface area (Å²) in [5, 5.41) is 12.1. The number of ketones is 1. The summed E-state index contributed by atoms with van der Waals surface area (Å²) in [5.41, 5.74) is 11.3. The number of H-pyrrole nitrogens is 1. The number of nitrogens with zero attached hydrogens (tertiary/aromatic N) is 8. The van der Waals surface area contributed by atoms with Crippen molar-refractivity contribution in [2.45, 2.75) is 44.2 Å². The van der Waals surface area contributed by atoms with Crippen molar-refractivity contribution in [1.82, 2.24) is 44.6 Å². The second kappa shape index (κ2) is 8.79. The van der Waals surface area contributed by atoms with Crippen molar-refractivity contribution in [1.29, 1.82) is 0 Å². The van der Waals surface area contributed by atoms with Crippen molar-refractivity contribution in [3.8, 4) is 22.5 Å². The fourth-order valence-electron chi connectivity index (χ4n) is 5.97. The van der Waals surface area contributed by atoms with Crippen LogP contribution in [0.3, 0.4) is 0 Å². The monoisotopic (exact) mass is 520 g/mol. The summed E-state index contributed by atoms with van der Waals surface area (Å²) >= 11 is 0. The number of carbonyl (C=O) groups excluding carboxylic acids is 2. The van der Waals surface area contributed by atoms with E-state index in [1.165, 1.54) is 17.8 Å². The molecule has 0 aromatic carbocycles. The van der Waals surface area contributed by atoms with Gasteiger partial charge in [0.15, 0.2) is 11.4 Å². The number of anilines is 1. The van der Waals surface area contributed by atoms with Crippen LogP contribution in [-0.4, -0.2) is 68.4 Å². The molecule has 0 spiro atoms. The molecular formula is C27H24N10O2.